The van der Waals surface area contributed by atoms with Crippen LogP contribution < -0.4 is 10.6 Å². The van der Waals surface area contributed by atoms with Gasteiger partial charge in [0, 0.05) is 19.5 Å². The van der Waals surface area contributed by atoms with Crippen molar-refractivity contribution in [2.45, 2.75) is 78.0 Å². The Morgan fingerprint density at radius 1 is 1.03 bits per heavy atom. The number of carbonyl (C=O) groups is 3. The predicted octanol–water partition coefficient (Wildman–Crippen LogP) is 5.49. The molecular weight excluding hydrogens is 478 g/mol. The molecule has 0 aliphatic heterocycles. The summed E-state index contributed by atoms with van der Waals surface area (Å²) < 4.78 is 5.46. The van der Waals surface area contributed by atoms with Crippen LogP contribution in [0.25, 0.3) is 0 Å². The van der Waals surface area contributed by atoms with Gasteiger partial charge in [-0.25, -0.2) is 4.79 Å². The summed E-state index contributed by atoms with van der Waals surface area (Å²) in [4.78, 5) is 42.1. The van der Waals surface area contributed by atoms with Gasteiger partial charge in [-0.15, -0.1) is 6.58 Å². The van der Waals surface area contributed by atoms with Crippen molar-refractivity contribution >= 4 is 17.9 Å². The van der Waals surface area contributed by atoms with Crippen LogP contribution >= 0.6 is 0 Å². The van der Waals surface area contributed by atoms with Gasteiger partial charge in [-0.2, -0.15) is 0 Å². The molecule has 2 aromatic rings. The Labute approximate surface area is 227 Å². The molecule has 7 nitrogen and oxygen atoms in total. The van der Waals surface area contributed by atoms with E-state index in [1.165, 1.54) is 4.90 Å². The van der Waals surface area contributed by atoms with E-state index < -0.39 is 29.7 Å². The fourth-order valence-electron chi connectivity index (χ4n) is 4.19. The van der Waals surface area contributed by atoms with Crippen molar-refractivity contribution in [3.63, 3.8) is 0 Å². The van der Waals surface area contributed by atoms with Crippen LogP contribution in [0.5, 0.6) is 0 Å². The number of ether oxygens (including phenoxy) is 1. The monoisotopic (exact) mass is 521 g/mol. The summed E-state index contributed by atoms with van der Waals surface area (Å²) in [6.07, 6.45) is 4.04. The van der Waals surface area contributed by atoms with E-state index in [1.54, 1.807) is 26.8 Å². The minimum absolute atomic E-state index is 0.126. The van der Waals surface area contributed by atoms with Crippen LogP contribution in [0.3, 0.4) is 0 Å². The molecule has 206 valence electrons. The molecule has 0 saturated carbocycles. The third-order valence-electron chi connectivity index (χ3n) is 6.00. The molecule has 3 amide bonds. The molecule has 2 N–H and O–H groups in total. The number of amides is 3. The highest BCUT2D eigenvalue weighted by Gasteiger charge is 2.36. The first-order chi connectivity index (χ1) is 18.1. The average molecular weight is 522 g/mol. The average Bonchev–Trinajstić information content (AvgIpc) is 2.86. The molecule has 2 unspecified atom stereocenters. The minimum Gasteiger partial charge on any atom is -0.444 e. The highest BCUT2D eigenvalue weighted by Crippen LogP contribution is 2.26. The normalized spacial score (nSPS) is 12.7. The predicted molar refractivity (Wildman–Crippen MR) is 152 cm³/mol. The quantitative estimate of drug-likeness (QED) is 0.269. The van der Waals surface area contributed by atoms with Crippen LogP contribution in [0.15, 0.2) is 67.3 Å². The molecule has 0 fully saturated rings. The van der Waals surface area contributed by atoms with Crippen LogP contribution in [-0.2, 0) is 20.7 Å². The fraction of sp³-hybridized carbons (Fsp3) is 0.452. The van der Waals surface area contributed by atoms with Gasteiger partial charge in [0.15, 0.2) is 0 Å². The zero-order valence-electron chi connectivity index (χ0n) is 23.5. The minimum atomic E-state index is -0.952. The number of unbranched alkanes of at least 4 members (excludes halogenated alkanes) is 2. The molecule has 0 aliphatic carbocycles. The number of hydrogen-bond acceptors (Lipinski definition) is 4. The summed E-state index contributed by atoms with van der Waals surface area (Å²) in [5.74, 6) is -0.655. The highest BCUT2D eigenvalue weighted by atomic mass is 16.6. The first-order valence-corrected chi connectivity index (χ1v) is 13.4. The SMILES string of the molecule is C=CCN(C(=O)C(Cc1ccccc1)NC(=O)OC(C)(C)C)C(C(=O)NCCCCC)c1ccccc1C. The zero-order chi connectivity index (χ0) is 28.1. The van der Waals surface area contributed by atoms with E-state index in [0.717, 1.165) is 36.0 Å². The molecule has 0 aliphatic rings. The van der Waals surface area contributed by atoms with E-state index in [4.69, 9.17) is 4.74 Å². The molecule has 38 heavy (non-hydrogen) atoms. The van der Waals surface area contributed by atoms with Gasteiger partial charge in [-0.05, 0) is 50.8 Å². The van der Waals surface area contributed by atoms with Crippen LogP contribution in [0.4, 0.5) is 4.79 Å². The Kier molecular flexibility index (Phi) is 12.1. The molecule has 2 aromatic carbocycles. The van der Waals surface area contributed by atoms with E-state index in [2.05, 4.69) is 24.1 Å². The van der Waals surface area contributed by atoms with Crippen LogP contribution in [0.1, 0.15) is 69.7 Å². The van der Waals surface area contributed by atoms with Gasteiger partial charge in [0.25, 0.3) is 0 Å². The van der Waals surface area contributed by atoms with Crippen molar-refractivity contribution < 1.29 is 19.1 Å². The van der Waals surface area contributed by atoms with Crippen molar-refractivity contribution in [2.24, 2.45) is 0 Å². The Hall–Kier alpha value is -3.61. The van der Waals surface area contributed by atoms with E-state index >= 15 is 0 Å². The molecular formula is C31H43N3O4. The number of rotatable bonds is 13. The van der Waals surface area contributed by atoms with Gasteiger partial charge in [0.1, 0.15) is 17.7 Å². The van der Waals surface area contributed by atoms with Crippen molar-refractivity contribution in [3.05, 3.63) is 83.9 Å². The van der Waals surface area contributed by atoms with Gasteiger partial charge >= 0.3 is 6.09 Å². The number of aryl methyl sites for hydroxylation is 1. The Balaban J connectivity index is 2.47. The fourth-order valence-corrected chi connectivity index (χ4v) is 4.19. The standard InChI is InChI=1S/C31H43N3O4/c1-7-9-15-20-32-28(35)27(25-19-14-13-16-23(25)3)34(21-8-2)29(36)26(22-24-17-11-10-12-18-24)33-30(37)38-31(4,5)6/h8,10-14,16-19,26-27H,2,7,9,15,20-22H2,1,3-6H3,(H,32,35)(H,33,37). The first-order valence-electron chi connectivity index (χ1n) is 13.4. The number of alkyl carbamates (subject to hydrolysis) is 1. The number of hydrogen-bond donors (Lipinski definition) is 2. The van der Waals surface area contributed by atoms with Gasteiger partial charge in [-0.1, -0.05) is 80.4 Å². The molecule has 7 heteroatoms. The Bertz CT molecular complexity index is 1060. The Morgan fingerprint density at radius 2 is 1.68 bits per heavy atom. The molecule has 2 atom stereocenters. The lowest BCUT2D eigenvalue weighted by Gasteiger charge is -2.34. The third kappa shape index (κ3) is 9.69. The number of nitrogens with one attached hydrogen (secondary N) is 2. The van der Waals surface area contributed by atoms with Crippen molar-refractivity contribution in [2.75, 3.05) is 13.1 Å². The largest absolute Gasteiger partial charge is 0.444 e. The lowest BCUT2D eigenvalue weighted by molar-refractivity contribution is -0.141. The topological polar surface area (TPSA) is 87.7 Å². The second-order valence-electron chi connectivity index (χ2n) is 10.4. The number of benzene rings is 2. The van der Waals surface area contributed by atoms with Crippen LogP contribution in [0.2, 0.25) is 0 Å². The van der Waals surface area contributed by atoms with Crippen molar-refractivity contribution in [1.29, 1.82) is 0 Å². The molecule has 0 spiro atoms. The first kappa shape index (κ1) is 30.6. The van der Waals surface area contributed by atoms with E-state index in [-0.39, 0.29) is 18.9 Å². The summed E-state index contributed by atoms with van der Waals surface area (Å²) in [6, 6.07) is 15.1. The summed E-state index contributed by atoms with van der Waals surface area (Å²) in [5.41, 5.74) is 1.76. The maximum absolute atomic E-state index is 14.2. The second-order valence-corrected chi connectivity index (χ2v) is 10.4. The summed E-state index contributed by atoms with van der Waals surface area (Å²) in [5, 5.41) is 5.78. The smallest absolute Gasteiger partial charge is 0.408 e. The maximum Gasteiger partial charge on any atom is 0.408 e. The molecule has 0 radical (unpaired) electrons. The van der Waals surface area contributed by atoms with Crippen molar-refractivity contribution in [3.8, 4) is 0 Å². The highest BCUT2D eigenvalue weighted by molar-refractivity contribution is 5.92. The summed E-state index contributed by atoms with van der Waals surface area (Å²) >= 11 is 0. The summed E-state index contributed by atoms with van der Waals surface area (Å²) in [6.45, 7) is 13.8. The molecule has 0 bridgehead atoms. The zero-order valence-corrected chi connectivity index (χ0v) is 23.5. The Morgan fingerprint density at radius 3 is 2.29 bits per heavy atom. The van der Waals surface area contributed by atoms with Gasteiger partial charge in [0.05, 0.1) is 0 Å². The van der Waals surface area contributed by atoms with Gasteiger partial charge in [-0.3, -0.25) is 9.59 Å². The van der Waals surface area contributed by atoms with E-state index in [0.29, 0.717) is 6.54 Å². The lowest BCUT2D eigenvalue weighted by Crippen LogP contribution is -2.54. The lowest BCUT2D eigenvalue weighted by atomic mass is 9.97. The van der Waals surface area contributed by atoms with Crippen LogP contribution in [0, 0.1) is 6.92 Å². The third-order valence-corrected chi connectivity index (χ3v) is 6.00. The summed E-state index contributed by atoms with van der Waals surface area (Å²) in [7, 11) is 0. The van der Waals surface area contributed by atoms with E-state index in [9.17, 15) is 14.4 Å². The van der Waals surface area contributed by atoms with E-state index in [1.807, 2.05) is 61.5 Å². The molecule has 0 saturated heterocycles. The van der Waals surface area contributed by atoms with Crippen LogP contribution in [-0.4, -0.2) is 47.5 Å². The maximum atomic E-state index is 14.2. The molecule has 0 heterocycles. The molecule has 0 aromatic heterocycles. The van der Waals surface area contributed by atoms with Gasteiger partial charge < -0.3 is 20.3 Å². The van der Waals surface area contributed by atoms with Gasteiger partial charge in [0.2, 0.25) is 11.8 Å². The number of nitrogens with zero attached hydrogens (tertiary/aromatic N) is 1. The second kappa shape index (κ2) is 15.0. The molecule has 2 rings (SSSR count). The van der Waals surface area contributed by atoms with Crippen molar-refractivity contribution in [1.82, 2.24) is 15.5 Å². The number of carbonyl (C=O) groups excluding carboxylic acids is 3.